The number of fused-ring (bicyclic) bond motifs is 1. The van der Waals surface area contributed by atoms with Crippen LogP contribution in [0.5, 0.6) is 0 Å². The van der Waals surface area contributed by atoms with Gasteiger partial charge in [-0.1, -0.05) is 39.8 Å². The SMILES string of the molecule is CC(C)CC(=O)NC(C(=O)Nc1ccc(-n2cnc3ccccc32)cc1)C(C)C. The van der Waals surface area contributed by atoms with E-state index in [9.17, 15) is 9.59 Å². The van der Waals surface area contributed by atoms with Crippen LogP contribution in [-0.2, 0) is 9.59 Å². The van der Waals surface area contributed by atoms with Crippen molar-refractivity contribution in [2.75, 3.05) is 5.32 Å². The smallest absolute Gasteiger partial charge is 0.247 e. The number of benzene rings is 2. The second-order valence-corrected chi connectivity index (χ2v) is 8.03. The molecule has 0 aliphatic carbocycles. The standard InChI is InChI=1S/C23H28N4O2/c1-15(2)13-21(28)26-22(16(3)4)23(29)25-17-9-11-18(12-10-17)27-14-24-19-7-5-6-8-20(19)27/h5-12,14-16,22H,13H2,1-4H3,(H,25,29)(H,26,28). The summed E-state index contributed by atoms with van der Waals surface area (Å²) in [5, 5.41) is 5.77. The highest BCUT2D eigenvalue weighted by molar-refractivity contribution is 5.97. The molecule has 0 saturated carbocycles. The summed E-state index contributed by atoms with van der Waals surface area (Å²) in [5.41, 5.74) is 3.60. The average molecular weight is 393 g/mol. The molecule has 0 bridgehead atoms. The van der Waals surface area contributed by atoms with Crippen molar-refractivity contribution in [1.29, 1.82) is 0 Å². The van der Waals surface area contributed by atoms with Crippen LogP contribution in [0.25, 0.3) is 16.7 Å². The van der Waals surface area contributed by atoms with Gasteiger partial charge in [0, 0.05) is 17.8 Å². The Morgan fingerprint density at radius 3 is 2.34 bits per heavy atom. The van der Waals surface area contributed by atoms with Crippen molar-refractivity contribution >= 4 is 28.5 Å². The summed E-state index contributed by atoms with van der Waals surface area (Å²) in [6, 6.07) is 14.9. The Labute approximate surface area is 171 Å². The molecule has 0 aliphatic heterocycles. The molecule has 0 aliphatic rings. The van der Waals surface area contributed by atoms with Crippen LogP contribution in [0.4, 0.5) is 5.69 Å². The molecule has 1 heterocycles. The van der Waals surface area contributed by atoms with Crippen molar-refractivity contribution in [3.05, 3.63) is 54.9 Å². The molecule has 0 spiro atoms. The predicted molar refractivity (Wildman–Crippen MR) is 116 cm³/mol. The van der Waals surface area contributed by atoms with E-state index < -0.39 is 6.04 Å². The number of para-hydroxylation sites is 2. The Morgan fingerprint density at radius 1 is 1.00 bits per heavy atom. The third-order valence-electron chi connectivity index (χ3n) is 4.73. The Morgan fingerprint density at radius 2 is 1.69 bits per heavy atom. The summed E-state index contributed by atoms with van der Waals surface area (Å²) in [7, 11) is 0. The molecule has 0 saturated heterocycles. The maximum absolute atomic E-state index is 12.7. The van der Waals surface area contributed by atoms with Crippen molar-refractivity contribution in [3.8, 4) is 5.69 Å². The predicted octanol–water partition coefficient (Wildman–Crippen LogP) is 4.15. The fourth-order valence-electron chi connectivity index (χ4n) is 3.23. The van der Waals surface area contributed by atoms with Crippen LogP contribution in [0.3, 0.4) is 0 Å². The van der Waals surface area contributed by atoms with Crippen molar-refractivity contribution in [2.24, 2.45) is 11.8 Å². The van der Waals surface area contributed by atoms with Gasteiger partial charge in [0.25, 0.3) is 0 Å². The minimum Gasteiger partial charge on any atom is -0.344 e. The molecule has 6 nitrogen and oxygen atoms in total. The van der Waals surface area contributed by atoms with E-state index in [0.29, 0.717) is 12.1 Å². The number of aromatic nitrogens is 2. The lowest BCUT2D eigenvalue weighted by Crippen LogP contribution is -2.47. The van der Waals surface area contributed by atoms with E-state index >= 15 is 0 Å². The van der Waals surface area contributed by atoms with Gasteiger partial charge in [-0.3, -0.25) is 14.2 Å². The summed E-state index contributed by atoms with van der Waals surface area (Å²) >= 11 is 0. The first-order chi connectivity index (χ1) is 13.8. The molecule has 6 heteroatoms. The number of nitrogens with one attached hydrogen (secondary N) is 2. The van der Waals surface area contributed by atoms with Crippen molar-refractivity contribution in [3.63, 3.8) is 0 Å². The molecular weight excluding hydrogens is 364 g/mol. The Balaban J connectivity index is 1.71. The molecule has 2 aromatic carbocycles. The van der Waals surface area contributed by atoms with Crippen LogP contribution in [0.15, 0.2) is 54.9 Å². The number of amides is 2. The van der Waals surface area contributed by atoms with Crippen molar-refractivity contribution in [2.45, 2.75) is 40.2 Å². The average Bonchev–Trinajstić information content (AvgIpc) is 3.10. The van der Waals surface area contributed by atoms with Crippen LogP contribution in [0.1, 0.15) is 34.1 Å². The second-order valence-electron chi connectivity index (χ2n) is 8.03. The largest absolute Gasteiger partial charge is 0.344 e. The first-order valence-corrected chi connectivity index (χ1v) is 9.98. The zero-order chi connectivity index (χ0) is 21.0. The van der Waals surface area contributed by atoms with E-state index in [2.05, 4.69) is 15.6 Å². The molecule has 1 aromatic heterocycles. The summed E-state index contributed by atoms with van der Waals surface area (Å²) in [6.07, 6.45) is 2.20. The summed E-state index contributed by atoms with van der Waals surface area (Å²) in [6.45, 7) is 7.81. The molecule has 152 valence electrons. The van der Waals surface area contributed by atoms with Crippen molar-refractivity contribution < 1.29 is 9.59 Å². The first kappa shape index (κ1) is 20.6. The monoisotopic (exact) mass is 392 g/mol. The topological polar surface area (TPSA) is 76.0 Å². The first-order valence-electron chi connectivity index (χ1n) is 9.98. The number of carbonyl (C=O) groups excluding carboxylic acids is 2. The lowest BCUT2D eigenvalue weighted by Gasteiger charge is -2.22. The molecule has 1 atom stereocenters. The number of rotatable bonds is 7. The minimum atomic E-state index is -0.571. The van der Waals surface area contributed by atoms with Gasteiger partial charge in [0.05, 0.1) is 11.0 Å². The molecule has 3 rings (SSSR count). The van der Waals surface area contributed by atoms with Crippen LogP contribution in [0, 0.1) is 11.8 Å². The number of carbonyl (C=O) groups is 2. The summed E-state index contributed by atoms with van der Waals surface area (Å²) in [4.78, 5) is 29.2. The maximum atomic E-state index is 12.7. The molecule has 0 radical (unpaired) electrons. The van der Waals surface area contributed by atoms with Crippen LogP contribution in [-0.4, -0.2) is 27.4 Å². The van der Waals surface area contributed by atoms with Gasteiger partial charge in [-0.25, -0.2) is 4.98 Å². The zero-order valence-electron chi connectivity index (χ0n) is 17.3. The molecule has 0 fully saturated rings. The van der Waals surface area contributed by atoms with Crippen LogP contribution < -0.4 is 10.6 Å². The van der Waals surface area contributed by atoms with Crippen LogP contribution >= 0.6 is 0 Å². The molecule has 3 aromatic rings. The third kappa shape index (κ3) is 5.02. The maximum Gasteiger partial charge on any atom is 0.247 e. The molecular formula is C23H28N4O2. The van der Waals surface area contributed by atoms with Gasteiger partial charge in [-0.15, -0.1) is 0 Å². The summed E-state index contributed by atoms with van der Waals surface area (Å²) < 4.78 is 2.00. The van der Waals surface area contributed by atoms with Gasteiger partial charge in [-0.2, -0.15) is 0 Å². The second kappa shape index (κ2) is 8.90. The number of hydrogen-bond acceptors (Lipinski definition) is 3. The Kier molecular flexibility index (Phi) is 6.32. The number of anilines is 1. The van der Waals surface area contributed by atoms with E-state index in [4.69, 9.17) is 0 Å². The van der Waals surface area contributed by atoms with Gasteiger partial charge in [0.2, 0.25) is 11.8 Å². The van der Waals surface area contributed by atoms with E-state index in [-0.39, 0.29) is 23.7 Å². The van der Waals surface area contributed by atoms with Gasteiger partial charge in [0.15, 0.2) is 0 Å². The fourth-order valence-corrected chi connectivity index (χ4v) is 3.23. The van der Waals surface area contributed by atoms with E-state index in [0.717, 1.165) is 16.7 Å². The Bertz CT molecular complexity index is 990. The lowest BCUT2D eigenvalue weighted by molar-refractivity contribution is -0.127. The number of nitrogens with zero attached hydrogens (tertiary/aromatic N) is 2. The van der Waals surface area contributed by atoms with Crippen molar-refractivity contribution in [1.82, 2.24) is 14.9 Å². The normalized spacial score (nSPS) is 12.3. The highest BCUT2D eigenvalue weighted by atomic mass is 16.2. The highest BCUT2D eigenvalue weighted by Gasteiger charge is 2.24. The third-order valence-corrected chi connectivity index (χ3v) is 4.73. The van der Waals surface area contributed by atoms with Gasteiger partial charge in [0.1, 0.15) is 12.4 Å². The summed E-state index contributed by atoms with van der Waals surface area (Å²) in [5.74, 6) is -0.0745. The molecule has 2 amide bonds. The van der Waals surface area contributed by atoms with Gasteiger partial charge >= 0.3 is 0 Å². The molecule has 29 heavy (non-hydrogen) atoms. The van der Waals surface area contributed by atoms with E-state index in [1.54, 1.807) is 6.33 Å². The van der Waals surface area contributed by atoms with Gasteiger partial charge < -0.3 is 10.6 Å². The Hall–Kier alpha value is -3.15. The lowest BCUT2D eigenvalue weighted by atomic mass is 10.0. The fraction of sp³-hybridized carbons (Fsp3) is 0.348. The minimum absolute atomic E-state index is 0.0114. The molecule has 1 unspecified atom stereocenters. The van der Waals surface area contributed by atoms with E-state index in [1.165, 1.54) is 0 Å². The van der Waals surface area contributed by atoms with E-state index in [1.807, 2.05) is 80.8 Å². The zero-order valence-corrected chi connectivity index (χ0v) is 17.3. The number of hydrogen-bond donors (Lipinski definition) is 2. The highest BCUT2D eigenvalue weighted by Crippen LogP contribution is 2.20. The molecule has 2 N–H and O–H groups in total. The quantitative estimate of drug-likeness (QED) is 0.634. The van der Waals surface area contributed by atoms with Crippen LogP contribution in [0.2, 0.25) is 0 Å². The number of imidazole rings is 1. The van der Waals surface area contributed by atoms with Gasteiger partial charge in [-0.05, 0) is 48.2 Å².